The molecule has 3 nitrogen and oxygen atoms in total. The van der Waals surface area contributed by atoms with Crippen LogP contribution in [0.2, 0.25) is 5.02 Å². The number of halogens is 1. The van der Waals surface area contributed by atoms with Gasteiger partial charge < -0.3 is 5.32 Å². The van der Waals surface area contributed by atoms with Crippen LogP contribution in [0.25, 0.3) is 0 Å². The smallest absolute Gasteiger partial charge is 0.0847 e. The molecule has 4 heteroatoms. The van der Waals surface area contributed by atoms with Crippen LogP contribution in [0.4, 0.5) is 0 Å². The highest BCUT2D eigenvalue weighted by atomic mass is 35.5. The first kappa shape index (κ1) is 15.8. The number of likely N-dealkylation sites (N-methyl/N-ethyl adjacent to an activating group) is 1. The minimum absolute atomic E-state index is 0.541. The van der Waals surface area contributed by atoms with E-state index in [1.54, 1.807) is 0 Å². The van der Waals surface area contributed by atoms with Gasteiger partial charge in [-0.1, -0.05) is 37.8 Å². The Morgan fingerprint density at radius 2 is 2.00 bits per heavy atom. The van der Waals surface area contributed by atoms with E-state index in [1.807, 2.05) is 6.92 Å². The topological polar surface area (TPSA) is 29.9 Å². The Morgan fingerprint density at radius 1 is 1.30 bits per heavy atom. The molecule has 1 N–H and O–H groups in total. The normalized spacial score (nSPS) is 18.4. The number of nitrogens with one attached hydrogen (secondary N) is 1. The molecule has 1 aliphatic rings. The minimum Gasteiger partial charge on any atom is -0.314 e. The van der Waals surface area contributed by atoms with Gasteiger partial charge in [0.1, 0.15) is 0 Å². The first-order chi connectivity index (χ1) is 9.67. The molecular formula is C16H28ClN3. The molecule has 1 heterocycles. The highest BCUT2D eigenvalue weighted by Gasteiger charge is 2.25. The number of aryl methyl sites for hydroxylation is 2. The quantitative estimate of drug-likeness (QED) is 0.861. The second kappa shape index (κ2) is 7.46. The fourth-order valence-corrected chi connectivity index (χ4v) is 3.69. The van der Waals surface area contributed by atoms with Crippen LogP contribution < -0.4 is 5.32 Å². The van der Waals surface area contributed by atoms with Crippen LogP contribution in [0, 0.1) is 12.8 Å². The Bertz CT molecular complexity index is 422. The standard InChI is InChI=1S/C16H28ClN3/c1-4-18-14(13-9-7-6-8-10-13)11-15-16(17)12(3)19-20(15)5-2/h13-14,18H,4-11H2,1-3H3. The fraction of sp³-hybridized carbons (Fsp3) is 0.812. The first-order valence-electron chi connectivity index (χ1n) is 8.12. The number of nitrogens with zero attached hydrogens (tertiary/aromatic N) is 2. The van der Waals surface area contributed by atoms with Crippen molar-refractivity contribution in [2.45, 2.75) is 71.9 Å². The average Bonchev–Trinajstić information content (AvgIpc) is 2.75. The molecule has 0 aromatic carbocycles. The minimum atomic E-state index is 0.541. The molecule has 0 aliphatic heterocycles. The van der Waals surface area contributed by atoms with E-state index in [-0.39, 0.29) is 0 Å². The van der Waals surface area contributed by atoms with E-state index in [9.17, 15) is 0 Å². The zero-order valence-electron chi connectivity index (χ0n) is 13.1. The SMILES string of the molecule is CCNC(Cc1c(Cl)c(C)nn1CC)C1CCCCC1. The number of hydrogen-bond acceptors (Lipinski definition) is 2. The van der Waals surface area contributed by atoms with E-state index < -0.39 is 0 Å². The van der Waals surface area contributed by atoms with Crippen LogP contribution in [0.15, 0.2) is 0 Å². The third kappa shape index (κ3) is 3.56. The Morgan fingerprint density at radius 3 is 2.60 bits per heavy atom. The van der Waals surface area contributed by atoms with Gasteiger partial charge in [0.25, 0.3) is 0 Å². The molecule has 1 aromatic heterocycles. The van der Waals surface area contributed by atoms with Crippen molar-refractivity contribution in [2.24, 2.45) is 5.92 Å². The average molecular weight is 298 g/mol. The maximum Gasteiger partial charge on any atom is 0.0847 e. The zero-order valence-corrected chi connectivity index (χ0v) is 13.8. The van der Waals surface area contributed by atoms with Gasteiger partial charge in [0.05, 0.1) is 16.4 Å². The molecule has 1 aliphatic carbocycles. The number of aromatic nitrogens is 2. The molecule has 1 aromatic rings. The molecular weight excluding hydrogens is 270 g/mol. The maximum atomic E-state index is 6.46. The van der Waals surface area contributed by atoms with Gasteiger partial charge in [-0.3, -0.25) is 4.68 Å². The van der Waals surface area contributed by atoms with Crippen LogP contribution in [-0.2, 0) is 13.0 Å². The summed E-state index contributed by atoms with van der Waals surface area (Å²) in [6.45, 7) is 8.25. The second-order valence-corrected chi connectivity index (χ2v) is 6.31. The summed E-state index contributed by atoms with van der Waals surface area (Å²) in [6.07, 6.45) is 7.88. The second-order valence-electron chi connectivity index (χ2n) is 5.93. The predicted molar refractivity (Wildman–Crippen MR) is 85.4 cm³/mol. The molecule has 0 radical (unpaired) electrons. The van der Waals surface area contributed by atoms with E-state index in [0.717, 1.165) is 36.1 Å². The third-order valence-corrected chi connectivity index (χ3v) is 5.04. The van der Waals surface area contributed by atoms with Gasteiger partial charge in [0, 0.05) is 19.0 Å². The van der Waals surface area contributed by atoms with E-state index in [0.29, 0.717) is 6.04 Å². The van der Waals surface area contributed by atoms with Gasteiger partial charge in [0.15, 0.2) is 0 Å². The first-order valence-corrected chi connectivity index (χ1v) is 8.50. The van der Waals surface area contributed by atoms with E-state index in [2.05, 4.69) is 28.9 Å². The summed E-state index contributed by atoms with van der Waals surface area (Å²) in [4.78, 5) is 0. The van der Waals surface area contributed by atoms with Gasteiger partial charge in [-0.2, -0.15) is 5.10 Å². The molecule has 0 bridgehead atoms. The van der Waals surface area contributed by atoms with Gasteiger partial charge in [-0.05, 0) is 39.2 Å². The van der Waals surface area contributed by atoms with Crippen molar-refractivity contribution < 1.29 is 0 Å². The third-order valence-electron chi connectivity index (χ3n) is 4.55. The van der Waals surface area contributed by atoms with Crippen molar-refractivity contribution >= 4 is 11.6 Å². The summed E-state index contributed by atoms with van der Waals surface area (Å²) in [7, 11) is 0. The predicted octanol–water partition coefficient (Wildman–Crippen LogP) is 3.97. The van der Waals surface area contributed by atoms with Gasteiger partial charge >= 0.3 is 0 Å². The molecule has 1 saturated carbocycles. The van der Waals surface area contributed by atoms with Crippen LogP contribution >= 0.6 is 11.6 Å². The van der Waals surface area contributed by atoms with Crippen molar-refractivity contribution in [2.75, 3.05) is 6.54 Å². The zero-order chi connectivity index (χ0) is 14.5. The highest BCUT2D eigenvalue weighted by molar-refractivity contribution is 6.31. The van der Waals surface area contributed by atoms with Crippen LogP contribution in [0.5, 0.6) is 0 Å². The number of rotatable bonds is 6. The molecule has 1 fully saturated rings. The summed E-state index contributed by atoms with van der Waals surface area (Å²) in [5.41, 5.74) is 2.17. The van der Waals surface area contributed by atoms with Crippen LogP contribution in [-0.4, -0.2) is 22.4 Å². The molecule has 0 spiro atoms. The van der Waals surface area contributed by atoms with E-state index in [1.165, 1.54) is 37.8 Å². The molecule has 1 unspecified atom stereocenters. The summed E-state index contributed by atoms with van der Waals surface area (Å²) >= 11 is 6.46. The Balaban J connectivity index is 2.14. The lowest BCUT2D eigenvalue weighted by atomic mass is 9.82. The van der Waals surface area contributed by atoms with Gasteiger partial charge in [0.2, 0.25) is 0 Å². The summed E-state index contributed by atoms with van der Waals surface area (Å²) in [5, 5.41) is 9.10. The van der Waals surface area contributed by atoms with Crippen molar-refractivity contribution in [1.82, 2.24) is 15.1 Å². The molecule has 0 amide bonds. The monoisotopic (exact) mass is 297 g/mol. The highest BCUT2D eigenvalue weighted by Crippen LogP contribution is 2.30. The molecule has 114 valence electrons. The number of hydrogen-bond donors (Lipinski definition) is 1. The Labute approximate surface area is 128 Å². The largest absolute Gasteiger partial charge is 0.314 e. The lowest BCUT2D eigenvalue weighted by molar-refractivity contribution is 0.266. The van der Waals surface area contributed by atoms with Crippen molar-refractivity contribution in [1.29, 1.82) is 0 Å². The van der Waals surface area contributed by atoms with E-state index in [4.69, 9.17) is 11.6 Å². The molecule has 2 rings (SSSR count). The van der Waals surface area contributed by atoms with E-state index >= 15 is 0 Å². The lowest BCUT2D eigenvalue weighted by Gasteiger charge is -2.31. The molecule has 1 atom stereocenters. The Kier molecular flexibility index (Phi) is 5.91. The summed E-state index contributed by atoms with van der Waals surface area (Å²) in [5.74, 6) is 0.792. The van der Waals surface area contributed by atoms with Gasteiger partial charge in [-0.25, -0.2) is 0 Å². The summed E-state index contributed by atoms with van der Waals surface area (Å²) < 4.78 is 2.07. The Hall–Kier alpha value is -0.540. The molecule has 0 saturated heterocycles. The maximum absolute atomic E-state index is 6.46. The summed E-state index contributed by atoms with van der Waals surface area (Å²) in [6, 6.07) is 0.541. The van der Waals surface area contributed by atoms with Crippen molar-refractivity contribution in [3.05, 3.63) is 16.4 Å². The lowest BCUT2D eigenvalue weighted by Crippen LogP contribution is -2.39. The van der Waals surface area contributed by atoms with Crippen LogP contribution in [0.3, 0.4) is 0 Å². The fourth-order valence-electron chi connectivity index (χ4n) is 3.48. The van der Waals surface area contributed by atoms with Crippen molar-refractivity contribution in [3.63, 3.8) is 0 Å². The molecule has 20 heavy (non-hydrogen) atoms. The van der Waals surface area contributed by atoms with Crippen molar-refractivity contribution in [3.8, 4) is 0 Å². The van der Waals surface area contributed by atoms with Crippen LogP contribution in [0.1, 0.15) is 57.3 Å². The van der Waals surface area contributed by atoms with Gasteiger partial charge in [-0.15, -0.1) is 0 Å².